The number of benzene rings is 3. The van der Waals surface area contributed by atoms with Crippen LogP contribution in [0.5, 0.6) is 0 Å². The van der Waals surface area contributed by atoms with Crippen LogP contribution in [-0.4, -0.2) is 110 Å². The van der Waals surface area contributed by atoms with Gasteiger partial charge in [0.05, 0.1) is 38.3 Å². The molecule has 0 saturated carbocycles. The van der Waals surface area contributed by atoms with Crippen LogP contribution >= 0.6 is 0 Å². The van der Waals surface area contributed by atoms with Gasteiger partial charge in [-0.2, -0.15) is 0 Å². The Morgan fingerprint density at radius 3 is 1.93 bits per heavy atom. The predicted molar refractivity (Wildman–Crippen MR) is 178 cm³/mol. The van der Waals surface area contributed by atoms with E-state index >= 15 is 0 Å². The molecule has 3 aromatic carbocycles. The fourth-order valence-corrected chi connectivity index (χ4v) is 7.14. The van der Waals surface area contributed by atoms with E-state index in [4.69, 9.17) is 5.73 Å². The van der Waals surface area contributed by atoms with E-state index in [0.717, 1.165) is 80.7 Å². The van der Waals surface area contributed by atoms with E-state index in [0.29, 0.717) is 17.7 Å². The highest BCUT2D eigenvalue weighted by atomic mass is 16.2. The number of carbonyl (C=O) groups is 3. The topological polar surface area (TPSA) is 86.9 Å². The molecule has 0 aromatic heterocycles. The van der Waals surface area contributed by atoms with Crippen LogP contribution in [-0.2, 0) is 10.2 Å². The molecule has 0 radical (unpaired) electrons. The van der Waals surface area contributed by atoms with Gasteiger partial charge in [-0.25, -0.2) is 0 Å². The lowest BCUT2D eigenvalue weighted by Crippen LogP contribution is -2.49. The minimum absolute atomic E-state index is 0.0982. The van der Waals surface area contributed by atoms with Crippen molar-refractivity contribution < 1.29 is 18.9 Å². The normalized spacial score (nSPS) is 17.3. The molecule has 2 aliphatic heterocycles. The number of quaternary nitrogens is 1. The van der Waals surface area contributed by atoms with E-state index in [1.807, 2.05) is 60.7 Å². The van der Waals surface area contributed by atoms with Crippen molar-refractivity contribution in [1.82, 2.24) is 14.7 Å². The highest BCUT2D eigenvalue weighted by molar-refractivity contribution is 6.21. The minimum atomic E-state index is -0.857. The maximum Gasteiger partial charge on any atom is 0.261 e. The standard InChI is InChI=1S/C37H47N5O3/c1-39(25-27-42(2,3)26-13-12-21-41-34(43)32-18-10-11-19-33(32)35(41)44)23-24-40-22-20-31(28-40)37(36(38)45,29-14-6-4-7-15-29)30-16-8-5-9-17-30/h4-11,14-19,31H,12-13,20-28H2,1-3H3,(H-,38,45)/p+1. The molecule has 45 heavy (non-hydrogen) atoms. The van der Waals surface area contributed by atoms with Gasteiger partial charge in [0.2, 0.25) is 5.91 Å². The van der Waals surface area contributed by atoms with Gasteiger partial charge in [-0.05, 0) is 62.0 Å². The molecule has 1 saturated heterocycles. The second-order valence-electron chi connectivity index (χ2n) is 13.4. The molecule has 5 rings (SSSR count). The van der Waals surface area contributed by atoms with Gasteiger partial charge in [0.15, 0.2) is 0 Å². The molecule has 0 bridgehead atoms. The molecular formula is C37H48N5O3+. The van der Waals surface area contributed by atoms with E-state index in [-0.39, 0.29) is 23.6 Å². The first-order valence-corrected chi connectivity index (χ1v) is 16.2. The van der Waals surface area contributed by atoms with Crippen molar-refractivity contribution in [2.45, 2.75) is 24.7 Å². The van der Waals surface area contributed by atoms with Crippen LogP contribution < -0.4 is 5.73 Å². The van der Waals surface area contributed by atoms with Crippen molar-refractivity contribution in [3.63, 3.8) is 0 Å². The van der Waals surface area contributed by atoms with Crippen LogP contribution in [0.2, 0.25) is 0 Å². The first-order chi connectivity index (χ1) is 21.6. The van der Waals surface area contributed by atoms with Crippen molar-refractivity contribution >= 4 is 17.7 Å². The molecule has 0 aliphatic carbocycles. The lowest BCUT2D eigenvalue weighted by atomic mass is 9.64. The van der Waals surface area contributed by atoms with Crippen molar-refractivity contribution in [2.75, 3.05) is 73.5 Å². The van der Waals surface area contributed by atoms with Crippen LogP contribution in [0.25, 0.3) is 0 Å². The molecule has 2 aliphatic rings. The van der Waals surface area contributed by atoms with Gasteiger partial charge in [0.25, 0.3) is 11.8 Å². The summed E-state index contributed by atoms with van der Waals surface area (Å²) >= 11 is 0. The Morgan fingerprint density at radius 1 is 0.822 bits per heavy atom. The summed E-state index contributed by atoms with van der Waals surface area (Å²) in [5.41, 5.74) is 8.39. The van der Waals surface area contributed by atoms with Gasteiger partial charge in [0.1, 0.15) is 5.41 Å². The zero-order valence-electron chi connectivity index (χ0n) is 27.0. The quantitative estimate of drug-likeness (QED) is 0.161. The molecule has 3 amide bonds. The van der Waals surface area contributed by atoms with Gasteiger partial charge in [-0.15, -0.1) is 0 Å². The van der Waals surface area contributed by atoms with E-state index in [9.17, 15) is 14.4 Å². The van der Waals surface area contributed by atoms with Crippen LogP contribution in [0, 0.1) is 5.92 Å². The van der Waals surface area contributed by atoms with Crippen LogP contribution in [0.4, 0.5) is 0 Å². The molecule has 8 nitrogen and oxygen atoms in total. The maximum atomic E-state index is 13.4. The largest absolute Gasteiger partial charge is 0.369 e. The Bertz CT molecular complexity index is 1400. The zero-order chi connectivity index (χ0) is 32.0. The monoisotopic (exact) mass is 610 g/mol. The molecule has 3 aromatic rings. The Morgan fingerprint density at radius 2 is 1.38 bits per heavy atom. The van der Waals surface area contributed by atoms with Crippen molar-refractivity contribution in [1.29, 1.82) is 0 Å². The fraction of sp³-hybridized carbons (Fsp3) is 0.432. The number of amides is 3. The Balaban J connectivity index is 1.08. The molecule has 0 spiro atoms. The van der Waals surface area contributed by atoms with E-state index in [1.54, 1.807) is 24.3 Å². The highest BCUT2D eigenvalue weighted by Crippen LogP contribution is 2.43. The second-order valence-corrected chi connectivity index (χ2v) is 13.4. The summed E-state index contributed by atoms with van der Waals surface area (Å²) in [5.74, 6) is -0.528. The first-order valence-electron chi connectivity index (χ1n) is 16.2. The van der Waals surface area contributed by atoms with Crippen LogP contribution in [0.3, 0.4) is 0 Å². The molecule has 238 valence electrons. The van der Waals surface area contributed by atoms with Crippen LogP contribution in [0.1, 0.15) is 51.1 Å². The molecule has 1 fully saturated rings. The number of hydrogen-bond donors (Lipinski definition) is 1. The Labute approximate surface area is 268 Å². The number of carbonyl (C=O) groups excluding carboxylic acids is 3. The maximum absolute atomic E-state index is 13.4. The lowest BCUT2D eigenvalue weighted by Gasteiger charge is -2.37. The summed E-state index contributed by atoms with van der Waals surface area (Å²) in [5, 5.41) is 0. The number of nitrogens with two attached hydrogens (primary N) is 1. The molecule has 1 unspecified atom stereocenters. The summed E-state index contributed by atoms with van der Waals surface area (Å²) in [6.45, 7) is 7.11. The SMILES string of the molecule is CN(CCN1CCC(C(C(N)=O)(c2ccccc2)c2ccccc2)C1)CC[N+](C)(C)CCCCN1C(=O)c2ccccc2C1=O. The number of rotatable bonds is 15. The average molecular weight is 611 g/mol. The number of nitrogens with zero attached hydrogens (tertiary/aromatic N) is 4. The number of primary amides is 1. The van der Waals surface area contributed by atoms with Gasteiger partial charge < -0.3 is 15.1 Å². The minimum Gasteiger partial charge on any atom is -0.369 e. The second kappa shape index (κ2) is 14.1. The van der Waals surface area contributed by atoms with E-state index < -0.39 is 5.41 Å². The summed E-state index contributed by atoms with van der Waals surface area (Å²) in [7, 11) is 6.67. The van der Waals surface area contributed by atoms with Gasteiger partial charge in [-0.1, -0.05) is 72.8 Å². The summed E-state index contributed by atoms with van der Waals surface area (Å²) in [6.07, 6.45) is 2.67. The van der Waals surface area contributed by atoms with Crippen molar-refractivity contribution in [3.8, 4) is 0 Å². The predicted octanol–water partition coefficient (Wildman–Crippen LogP) is 3.86. The molecule has 2 heterocycles. The van der Waals surface area contributed by atoms with E-state index in [2.05, 4.69) is 30.9 Å². The van der Waals surface area contributed by atoms with Crippen molar-refractivity contribution in [2.24, 2.45) is 11.7 Å². The van der Waals surface area contributed by atoms with E-state index in [1.165, 1.54) is 4.90 Å². The summed E-state index contributed by atoms with van der Waals surface area (Å²) in [4.78, 5) is 44.9. The fourth-order valence-electron chi connectivity index (χ4n) is 7.14. The molecule has 1 atom stereocenters. The average Bonchev–Trinajstić information content (AvgIpc) is 3.61. The smallest absolute Gasteiger partial charge is 0.261 e. The van der Waals surface area contributed by atoms with Gasteiger partial charge in [0, 0.05) is 32.7 Å². The molecule has 8 heteroatoms. The number of fused-ring (bicyclic) bond motifs is 1. The number of unbranched alkanes of at least 4 members (excludes halogenated alkanes) is 1. The Kier molecular flexibility index (Phi) is 10.2. The zero-order valence-corrected chi connectivity index (χ0v) is 27.0. The number of likely N-dealkylation sites (N-methyl/N-ethyl adjacent to an activating group) is 2. The number of likely N-dealkylation sites (tertiary alicyclic amines) is 1. The van der Waals surface area contributed by atoms with Crippen LogP contribution in [0.15, 0.2) is 84.9 Å². The molecule has 2 N–H and O–H groups in total. The first kappa shape index (κ1) is 32.5. The summed E-state index contributed by atoms with van der Waals surface area (Å²) < 4.78 is 0.882. The third kappa shape index (κ3) is 7.03. The number of imide groups is 1. The van der Waals surface area contributed by atoms with Gasteiger partial charge >= 0.3 is 0 Å². The highest BCUT2D eigenvalue weighted by Gasteiger charge is 2.49. The third-order valence-electron chi connectivity index (χ3n) is 9.89. The van der Waals surface area contributed by atoms with Crippen molar-refractivity contribution in [3.05, 3.63) is 107 Å². The third-order valence-corrected chi connectivity index (χ3v) is 9.89. The Hall–Kier alpha value is -3.85. The lowest BCUT2D eigenvalue weighted by molar-refractivity contribution is -0.890. The number of hydrogen-bond acceptors (Lipinski definition) is 5. The van der Waals surface area contributed by atoms with Gasteiger partial charge in [-0.3, -0.25) is 24.2 Å². The summed E-state index contributed by atoms with van der Waals surface area (Å²) in [6, 6.07) is 27.2. The molecular weight excluding hydrogens is 562 g/mol.